The van der Waals surface area contributed by atoms with E-state index in [0.717, 1.165) is 69.3 Å². The summed E-state index contributed by atoms with van der Waals surface area (Å²) in [6, 6.07) is 2.19. The first-order valence-electron chi connectivity index (χ1n) is 17.0. The van der Waals surface area contributed by atoms with Gasteiger partial charge in [-0.3, -0.25) is 9.59 Å². The van der Waals surface area contributed by atoms with Crippen LogP contribution in [-0.4, -0.2) is 21.8 Å². The smallest absolute Gasteiger partial charge is 0.222 e. The molecule has 0 spiro atoms. The Morgan fingerprint density at radius 2 is 1.66 bits per heavy atom. The number of carbonyl (C=O) groups is 2. The van der Waals surface area contributed by atoms with Gasteiger partial charge in [0.25, 0.3) is 0 Å². The van der Waals surface area contributed by atoms with E-state index >= 15 is 0 Å². The van der Waals surface area contributed by atoms with Crippen LogP contribution in [0.3, 0.4) is 0 Å². The van der Waals surface area contributed by atoms with Gasteiger partial charge in [0.2, 0.25) is 11.8 Å². The van der Waals surface area contributed by atoms with E-state index in [-0.39, 0.29) is 44.7 Å². The van der Waals surface area contributed by atoms with Crippen molar-refractivity contribution in [1.29, 1.82) is 5.26 Å². The lowest BCUT2D eigenvalue weighted by Gasteiger charge is -2.61. The summed E-state index contributed by atoms with van der Waals surface area (Å²) in [5.41, 5.74) is -0.585. The normalized spacial score (nSPS) is 27.8. The predicted octanol–water partition coefficient (Wildman–Crippen LogP) is 9.69. The van der Waals surface area contributed by atoms with Crippen LogP contribution in [-0.2, 0) is 21.4 Å². The number of carbonyl (C=O) groups excluding carboxylic acids is 2. The van der Waals surface area contributed by atoms with Gasteiger partial charge in [0.05, 0.1) is 5.57 Å². The highest BCUT2D eigenvalue weighted by Gasteiger charge is 2.61. The Kier molecular flexibility index (Phi) is 10.4. The van der Waals surface area contributed by atoms with Gasteiger partial charge in [-0.2, -0.15) is 5.26 Å². The summed E-state index contributed by atoms with van der Waals surface area (Å²) in [5.74, 6) is 1.37. The third-order valence-electron chi connectivity index (χ3n) is 12.0. The summed E-state index contributed by atoms with van der Waals surface area (Å²) in [5, 5.41) is 19.0. The minimum Gasteiger partial charge on any atom is -0.425 e. The fourth-order valence-electron chi connectivity index (χ4n) is 8.54. The quantitative estimate of drug-likeness (QED) is 0.208. The zero-order valence-corrected chi connectivity index (χ0v) is 29.9. The summed E-state index contributed by atoms with van der Waals surface area (Å²) < 4.78 is 6.32. The molecule has 4 atom stereocenters. The topological polar surface area (TPSA) is 96.9 Å². The maximum absolute atomic E-state index is 13.3. The number of aromatic nitrogens is 2. The number of aryl methyl sites for hydroxylation is 1. The maximum Gasteiger partial charge on any atom is 0.222 e. The number of fused-ring (bicyclic) bond motifs is 1. The summed E-state index contributed by atoms with van der Waals surface area (Å²) in [6.07, 6.45) is 13.3. The summed E-state index contributed by atoms with van der Waals surface area (Å²) in [7, 11) is 0. The second-order valence-electron chi connectivity index (χ2n) is 16.7. The van der Waals surface area contributed by atoms with Gasteiger partial charge in [0, 0.05) is 22.7 Å². The average molecular weight is 606 g/mol. The van der Waals surface area contributed by atoms with Crippen molar-refractivity contribution >= 4 is 11.6 Å². The minimum absolute atomic E-state index is 0.00261. The summed E-state index contributed by atoms with van der Waals surface area (Å²) in [4.78, 5) is 26.2. The van der Waals surface area contributed by atoms with Crippen molar-refractivity contribution in [3.8, 4) is 6.07 Å². The number of Topliss-reactive ketones (excluding diaryl/α,β-unsaturated/α-hetero) is 1. The number of hydrogen-bond donors (Lipinski definition) is 0. The van der Waals surface area contributed by atoms with E-state index < -0.39 is 10.8 Å². The lowest BCUT2D eigenvalue weighted by molar-refractivity contribution is -0.131. The van der Waals surface area contributed by atoms with Crippen molar-refractivity contribution in [2.45, 2.75) is 153 Å². The molecule has 1 aromatic rings. The molecule has 6 nitrogen and oxygen atoms in total. The molecule has 0 radical (unpaired) electrons. The zero-order chi connectivity index (χ0) is 33.4. The van der Waals surface area contributed by atoms with Crippen LogP contribution in [0.5, 0.6) is 0 Å². The van der Waals surface area contributed by atoms with Crippen LogP contribution in [0.2, 0.25) is 0 Å². The molecule has 0 aromatic carbocycles. The molecule has 0 aliphatic heterocycles. The number of hydrogen-bond acceptors (Lipinski definition) is 6. The van der Waals surface area contributed by atoms with Crippen LogP contribution >= 0.6 is 0 Å². The second-order valence-corrected chi connectivity index (χ2v) is 16.7. The molecule has 0 saturated heterocycles. The molecule has 1 fully saturated rings. The van der Waals surface area contributed by atoms with Gasteiger partial charge in [-0.1, -0.05) is 94.2 Å². The van der Waals surface area contributed by atoms with E-state index in [1.165, 1.54) is 6.42 Å². The maximum atomic E-state index is 13.3. The molecular weight excluding hydrogens is 546 g/mol. The Labute approximate surface area is 267 Å². The number of rotatable bonds is 13. The Morgan fingerprint density at radius 1 is 1.02 bits per heavy atom. The van der Waals surface area contributed by atoms with Crippen LogP contribution < -0.4 is 0 Å². The molecule has 2 aliphatic carbocycles. The Bertz CT molecular complexity index is 1340. The molecule has 1 aromatic heterocycles. The lowest BCUT2D eigenvalue weighted by Crippen LogP contribution is -2.55. The molecule has 0 unspecified atom stereocenters. The number of nitrogens with zero attached hydrogens (tertiary/aromatic N) is 3. The van der Waals surface area contributed by atoms with Crippen LogP contribution in [0.15, 0.2) is 27.7 Å². The molecule has 0 N–H and O–H groups in total. The molecule has 244 valence electrons. The zero-order valence-electron chi connectivity index (χ0n) is 29.9. The van der Waals surface area contributed by atoms with Crippen molar-refractivity contribution in [3.05, 3.63) is 35.1 Å². The van der Waals surface area contributed by atoms with E-state index in [1.807, 2.05) is 26.0 Å². The molecule has 6 heteroatoms. The minimum atomic E-state index is -0.687. The Morgan fingerprint density at radius 3 is 2.23 bits per heavy atom. The fourth-order valence-corrected chi connectivity index (χ4v) is 8.54. The third-order valence-corrected chi connectivity index (χ3v) is 12.0. The van der Waals surface area contributed by atoms with Gasteiger partial charge < -0.3 is 4.42 Å². The Balaban J connectivity index is 2.05. The van der Waals surface area contributed by atoms with E-state index in [1.54, 1.807) is 6.92 Å². The third kappa shape index (κ3) is 6.68. The molecular formula is C38H59N3O3. The highest BCUT2D eigenvalue weighted by Crippen LogP contribution is 2.67. The van der Waals surface area contributed by atoms with Crippen LogP contribution in [0.4, 0.5) is 0 Å². The summed E-state index contributed by atoms with van der Waals surface area (Å²) in [6.45, 7) is 26.1. The molecule has 0 amide bonds. The molecule has 2 aliphatic rings. The highest BCUT2D eigenvalue weighted by atomic mass is 16.4. The number of allylic oxidation sites excluding steroid dienone is 4. The lowest BCUT2D eigenvalue weighted by atomic mass is 9.42. The van der Waals surface area contributed by atoms with Crippen LogP contribution in [0, 0.1) is 44.3 Å². The Hall–Kier alpha value is -2.55. The van der Waals surface area contributed by atoms with E-state index in [4.69, 9.17) is 4.42 Å². The molecule has 0 bridgehead atoms. The van der Waals surface area contributed by atoms with E-state index in [0.29, 0.717) is 5.89 Å². The number of nitriles is 1. The van der Waals surface area contributed by atoms with Gasteiger partial charge in [0.1, 0.15) is 6.07 Å². The average Bonchev–Trinajstić information content (AvgIpc) is 3.40. The van der Waals surface area contributed by atoms with Crippen molar-refractivity contribution in [2.24, 2.45) is 33.0 Å². The van der Waals surface area contributed by atoms with Crippen molar-refractivity contribution < 1.29 is 14.0 Å². The first-order valence-corrected chi connectivity index (χ1v) is 17.0. The molecule has 3 rings (SSSR count). The van der Waals surface area contributed by atoms with Gasteiger partial charge in [-0.25, -0.2) is 0 Å². The molecule has 44 heavy (non-hydrogen) atoms. The van der Waals surface area contributed by atoms with Gasteiger partial charge in [0.15, 0.2) is 11.6 Å². The monoisotopic (exact) mass is 605 g/mol. The molecule has 1 saturated carbocycles. The fraction of sp³-hybridized carbons (Fsp3) is 0.763. The van der Waals surface area contributed by atoms with Gasteiger partial charge in [-0.15, -0.1) is 10.2 Å². The van der Waals surface area contributed by atoms with Gasteiger partial charge in [-0.05, 0) is 86.5 Å². The molecule has 1 heterocycles. The first kappa shape index (κ1) is 35.9. The van der Waals surface area contributed by atoms with Crippen molar-refractivity contribution in [1.82, 2.24) is 10.2 Å². The van der Waals surface area contributed by atoms with E-state index in [2.05, 4.69) is 78.6 Å². The van der Waals surface area contributed by atoms with Crippen molar-refractivity contribution in [2.75, 3.05) is 0 Å². The van der Waals surface area contributed by atoms with Crippen LogP contribution in [0.1, 0.15) is 153 Å². The van der Waals surface area contributed by atoms with Gasteiger partial charge >= 0.3 is 0 Å². The highest BCUT2D eigenvalue weighted by molar-refractivity contribution is 6.04. The second kappa shape index (κ2) is 12.7. The predicted molar refractivity (Wildman–Crippen MR) is 177 cm³/mol. The van der Waals surface area contributed by atoms with Crippen LogP contribution in [0.25, 0.3) is 0 Å². The number of ketones is 2. The standard InChI is InChI=1S/C38H59N3O3/c1-13-15-30-40-41-32(44-30)36(10,21-19-33(4,5)17-14-2)22-20-34(6,7)38(12)18-16-28-35(8,9)31(43)27(25-39)24-37(28,11)29(38)23-26(3)42/h23-24,28H,13-22H2,1-12H3/b29-23-/t28-,36-,37-,38+/m0/s1. The largest absolute Gasteiger partial charge is 0.425 e. The SMILES string of the molecule is CCCc1nnc([C@@](C)(CCC(C)(C)CCC)CCC(C)(C)[C@]2(C)CC[C@H]3C(C)(C)C(=O)C(C#N)=C[C@]3(C)/C2=C/C(C)=O)o1. The summed E-state index contributed by atoms with van der Waals surface area (Å²) >= 11 is 0. The first-order chi connectivity index (χ1) is 20.2. The van der Waals surface area contributed by atoms with Crippen molar-refractivity contribution in [3.63, 3.8) is 0 Å². The van der Waals surface area contributed by atoms with E-state index in [9.17, 15) is 14.9 Å².